The Morgan fingerprint density at radius 1 is 1.23 bits per heavy atom. The molecular weight excluding hydrogens is 406 g/mol. The van der Waals surface area contributed by atoms with Crippen LogP contribution in [0.4, 0.5) is 0 Å². The first-order chi connectivity index (χ1) is 14.4. The molecule has 0 aliphatic heterocycles. The number of carbonyl (C=O) groups is 2. The molecule has 0 radical (unpaired) electrons. The molecule has 1 amide bonds. The Labute approximate surface area is 175 Å². The highest BCUT2D eigenvalue weighted by molar-refractivity contribution is 7.23. The maximum atomic E-state index is 12.6. The molecule has 9 heteroatoms. The molecule has 4 rings (SSSR count). The van der Waals surface area contributed by atoms with Gasteiger partial charge >= 0.3 is 5.97 Å². The Hall–Kier alpha value is -3.46. The summed E-state index contributed by atoms with van der Waals surface area (Å²) in [5.41, 5.74) is 0.897. The van der Waals surface area contributed by atoms with Gasteiger partial charge in [-0.25, -0.2) is 9.78 Å². The molecule has 1 atom stereocenters. The fourth-order valence-corrected chi connectivity index (χ4v) is 4.10. The molecule has 1 aromatic carbocycles. The van der Waals surface area contributed by atoms with Crippen molar-refractivity contribution < 1.29 is 18.7 Å². The molecule has 0 spiro atoms. The third-order valence-corrected chi connectivity index (χ3v) is 5.58. The van der Waals surface area contributed by atoms with Gasteiger partial charge in [-0.2, -0.15) is 0 Å². The summed E-state index contributed by atoms with van der Waals surface area (Å²) in [6, 6.07) is 11.1. The van der Waals surface area contributed by atoms with E-state index in [-0.39, 0.29) is 23.8 Å². The summed E-state index contributed by atoms with van der Waals surface area (Å²) in [4.78, 5) is 42.3. The first kappa shape index (κ1) is 19.8. The number of benzene rings is 1. The minimum Gasteiger partial charge on any atom is -0.459 e. The molecule has 0 aliphatic carbocycles. The zero-order valence-electron chi connectivity index (χ0n) is 16.3. The van der Waals surface area contributed by atoms with Crippen LogP contribution in [0, 0.1) is 5.92 Å². The Morgan fingerprint density at radius 3 is 2.77 bits per heavy atom. The predicted molar refractivity (Wildman–Crippen MR) is 111 cm³/mol. The SMILES string of the molecule is CC(C)[C@H](NC(=O)c1ccco1)C(=O)OCc1cc(=O)n2c(n1)sc1ccccc12. The molecule has 154 valence electrons. The second kappa shape index (κ2) is 8.11. The molecule has 3 heterocycles. The topological polar surface area (TPSA) is 103 Å². The standard InChI is InChI=1S/C21H19N3O5S/c1-12(2)18(23-19(26)15-7-5-9-28-15)20(27)29-11-13-10-17(25)24-14-6-3-4-8-16(14)30-21(24)22-13/h3-10,12,18H,11H2,1-2H3,(H,23,26)/t18-/m0/s1. The fourth-order valence-electron chi connectivity index (χ4n) is 3.05. The molecule has 0 bridgehead atoms. The van der Waals surface area contributed by atoms with Gasteiger partial charge in [-0.1, -0.05) is 37.3 Å². The highest BCUT2D eigenvalue weighted by Gasteiger charge is 2.27. The Bertz CT molecular complexity index is 1270. The number of furan rings is 1. The van der Waals surface area contributed by atoms with Gasteiger partial charge in [0.2, 0.25) is 0 Å². The lowest BCUT2D eigenvalue weighted by atomic mass is 10.0. The number of hydrogen-bond donors (Lipinski definition) is 1. The van der Waals surface area contributed by atoms with Crippen LogP contribution in [0.1, 0.15) is 30.1 Å². The molecule has 0 fully saturated rings. The van der Waals surface area contributed by atoms with Gasteiger partial charge in [0.15, 0.2) is 10.7 Å². The van der Waals surface area contributed by atoms with Crippen molar-refractivity contribution in [2.75, 3.05) is 0 Å². The summed E-state index contributed by atoms with van der Waals surface area (Å²) in [5.74, 6) is -1.21. The Balaban J connectivity index is 1.50. The van der Waals surface area contributed by atoms with Crippen LogP contribution < -0.4 is 10.9 Å². The largest absolute Gasteiger partial charge is 0.459 e. The minimum atomic E-state index is -0.864. The number of ether oxygens (including phenoxy) is 1. The van der Waals surface area contributed by atoms with E-state index in [4.69, 9.17) is 9.15 Å². The van der Waals surface area contributed by atoms with Gasteiger partial charge in [0.1, 0.15) is 12.6 Å². The highest BCUT2D eigenvalue weighted by Crippen LogP contribution is 2.23. The van der Waals surface area contributed by atoms with E-state index in [0.717, 1.165) is 10.2 Å². The van der Waals surface area contributed by atoms with Gasteiger partial charge < -0.3 is 14.5 Å². The Morgan fingerprint density at radius 2 is 2.03 bits per heavy atom. The lowest BCUT2D eigenvalue weighted by Crippen LogP contribution is -2.45. The number of nitrogens with one attached hydrogen (secondary N) is 1. The van der Waals surface area contributed by atoms with Crippen molar-refractivity contribution in [2.24, 2.45) is 5.92 Å². The van der Waals surface area contributed by atoms with E-state index >= 15 is 0 Å². The summed E-state index contributed by atoms with van der Waals surface area (Å²) in [5, 5.41) is 2.62. The molecule has 3 aromatic heterocycles. The van der Waals surface area contributed by atoms with E-state index in [9.17, 15) is 14.4 Å². The van der Waals surface area contributed by atoms with Gasteiger partial charge in [0, 0.05) is 6.07 Å². The van der Waals surface area contributed by atoms with Crippen LogP contribution in [0.15, 0.2) is 57.9 Å². The van der Waals surface area contributed by atoms with E-state index in [1.165, 1.54) is 34.1 Å². The van der Waals surface area contributed by atoms with E-state index in [1.54, 1.807) is 19.9 Å². The number of rotatable bonds is 6. The molecule has 4 aromatic rings. The summed E-state index contributed by atoms with van der Waals surface area (Å²) in [6.07, 6.45) is 1.38. The monoisotopic (exact) mass is 425 g/mol. The lowest BCUT2D eigenvalue weighted by molar-refractivity contribution is -0.148. The van der Waals surface area contributed by atoms with Crippen LogP contribution in [-0.4, -0.2) is 27.3 Å². The zero-order chi connectivity index (χ0) is 21.3. The first-order valence-electron chi connectivity index (χ1n) is 9.35. The number of hydrogen-bond acceptors (Lipinski definition) is 7. The summed E-state index contributed by atoms with van der Waals surface area (Å²) in [7, 11) is 0. The van der Waals surface area contributed by atoms with Crippen molar-refractivity contribution in [3.05, 3.63) is 70.5 Å². The number of carbonyl (C=O) groups excluding carboxylic acids is 2. The van der Waals surface area contributed by atoms with E-state index < -0.39 is 17.9 Å². The van der Waals surface area contributed by atoms with Crippen LogP contribution in [0.25, 0.3) is 15.2 Å². The van der Waals surface area contributed by atoms with E-state index in [0.29, 0.717) is 10.7 Å². The third kappa shape index (κ3) is 3.84. The van der Waals surface area contributed by atoms with Crippen LogP contribution >= 0.6 is 11.3 Å². The van der Waals surface area contributed by atoms with Crippen molar-refractivity contribution >= 4 is 38.4 Å². The van der Waals surface area contributed by atoms with Crippen LogP contribution in [-0.2, 0) is 16.1 Å². The molecule has 30 heavy (non-hydrogen) atoms. The number of esters is 1. The first-order valence-corrected chi connectivity index (χ1v) is 10.2. The van der Waals surface area contributed by atoms with Gasteiger partial charge in [-0.15, -0.1) is 0 Å². The zero-order valence-corrected chi connectivity index (χ0v) is 17.1. The smallest absolute Gasteiger partial charge is 0.329 e. The van der Waals surface area contributed by atoms with Crippen molar-refractivity contribution in [3.8, 4) is 0 Å². The molecular formula is C21H19N3O5S. The molecule has 1 N–H and O–H groups in total. The van der Waals surface area contributed by atoms with Gasteiger partial charge in [-0.3, -0.25) is 14.0 Å². The van der Waals surface area contributed by atoms with Gasteiger partial charge in [0.05, 0.1) is 22.2 Å². The molecule has 0 unspecified atom stereocenters. The normalized spacial score (nSPS) is 12.4. The second-order valence-corrected chi connectivity index (χ2v) is 8.06. The molecule has 8 nitrogen and oxygen atoms in total. The minimum absolute atomic E-state index is 0.110. The number of thiazole rings is 1. The van der Waals surface area contributed by atoms with Crippen molar-refractivity contribution in [1.82, 2.24) is 14.7 Å². The average molecular weight is 425 g/mol. The summed E-state index contributed by atoms with van der Waals surface area (Å²) < 4.78 is 12.9. The third-order valence-electron chi connectivity index (χ3n) is 4.56. The molecule has 0 aliphatic rings. The van der Waals surface area contributed by atoms with Crippen molar-refractivity contribution in [1.29, 1.82) is 0 Å². The van der Waals surface area contributed by atoms with Gasteiger partial charge in [0.25, 0.3) is 11.5 Å². The van der Waals surface area contributed by atoms with Gasteiger partial charge in [-0.05, 0) is 30.2 Å². The van der Waals surface area contributed by atoms with Crippen LogP contribution in [0.5, 0.6) is 0 Å². The molecule has 0 saturated carbocycles. The molecule has 0 saturated heterocycles. The van der Waals surface area contributed by atoms with Crippen molar-refractivity contribution in [3.63, 3.8) is 0 Å². The number of para-hydroxylation sites is 1. The number of nitrogens with zero attached hydrogens (tertiary/aromatic N) is 2. The highest BCUT2D eigenvalue weighted by atomic mass is 32.1. The summed E-state index contributed by atoms with van der Waals surface area (Å²) >= 11 is 1.39. The second-order valence-electron chi connectivity index (χ2n) is 7.05. The average Bonchev–Trinajstić information content (AvgIpc) is 3.37. The fraction of sp³-hybridized carbons (Fsp3) is 0.238. The number of aromatic nitrogens is 2. The summed E-state index contributed by atoms with van der Waals surface area (Å²) in [6.45, 7) is 3.42. The maximum absolute atomic E-state index is 12.6. The number of fused-ring (bicyclic) bond motifs is 3. The van der Waals surface area contributed by atoms with E-state index in [1.807, 2.05) is 24.3 Å². The lowest BCUT2D eigenvalue weighted by Gasteiger charge is -2.20. The van der Waals surface area contributed by atoms with Crippen LogP contribution in [0.3, 0.4) is 0 Å². The van der Waals surface area contributed by atoms with E-state index in [2.05, 4.69) is 10.3 Å². The van der Waals surface area contributed by atoms with Crippen LogP contribution in [0.2, 0.25) is 0 Å². The quantitative estimate of drug-likeness (QED) is 0.477. The Kier molecular flexibility index (Phi) is 5.37. The predicted octanol–water partition coefficient (Wildman–Crippen LogP) is 3.00. The maximum Gasteiger partial charge on any atom is 0.329 e. The number of amides is 1. The van der Waals surface area contributed by atoms with Crippen molar-refractivity contribution in [2.45, 2.75) is 26.5 Å².